The number of nitrogens with zero attached hydrogens (tertiary/aromatic N) is 1. The maximum absolute atomic E-state index is 10.6. The van der Waals surface area contributed by atoms with Gasteiger partial charge in [0.25, 0.3) is 0 Å². The van der Waals surface area contributed by atoms with Crippen molar-refractivity contribution >= 4 is 16.9 Å². The second-order valence-electron chi connectivity index (χ2n) is 2.85. The summed E-state index contributed by atoms with van der Waals surface area (Å²) < 4.78 is 0. The van der Waals surface area contributed by atoms with Crippen LogP contribution >= 0.6 is 0 Å². The van der Waals surface area contributed by atoms with E-state index >= 15 is 0 Å². The summed E-state index contributed by atoms with van der Waals surface area (Å²) in [5.74, 6) is -1.11. The van der Waals surface area contributed by atoms with Crippen LogP contribution in [0, 0.1) is 6.92 Å². The minimum Gasteiger partial charge on any atom is -0.506 e. The minimum atomic E-state index is -1.10. The molecule has 86 valence electrons. The van der Waals surface area contributed by atoms with Crippen LogP contribution in [0.3, 0.4) is 0 Å². The maximum Gasteiger partial charge on any atom is 0.354 e. The van der Waals surface area contributed by atoms with Gasteiger partial charge in [-0.3, -0.25) is 0 Å². The van der Waals surface area contributed by atoms with Gasteiger partial charge in [0.05, 0.1) is 0 Å². The van der Waals surface area contributed by atoms with Gasteiger partial charge in [-0.05, 0) is 12.1 Å². The first-order valence-corrected chi connectivity index (χ1v) is 4.71. The molecule has 2 aromatic rings. The Hall–Kier alpha value is -1.48. The summed E-state index contributed by atoms with van der Waals surface area (Å²) in [4.78, 5) is 14.4. The van der Waals surface area contributed by atoms with E-state index in [1.807, 2.05) is 0 Å². The van der Waals surface area contributed by atoms with Crippen molar-refractivity contribution < 1.29 is 34.5 Å². The molecule has 17 heavy (non-hydrogen) atoms. The molecule has 2 rings (SSSR count). The van der Waals surface area contributed by atoms with E-state index in [0.29, 0.717) is 5.52 Å². The number of aromatic nitrogens is 1. The summed E-state index contributed by atoms with van der Waals surface area (Å²) in [6.45, 7) is 5.00. The number of hydrogen-bond donors (Lipinski definition) is 2. The molecule has 0 aliphatic carbocycles. The van der Waals surface area contributed by atoms with Crippen LogP contribution in [0.15, 0.2) is 30.3 Å². The second-order valence-corrected chi connectivity index (χ2v) is 2.85. The first-order valence-electron chi connectivity index (χ1n) is 4.71. The SMILES string of the molecule is O=C(O)c1ccc2cccc(O)c2n1.[CH2-]C.[Zn]. The van der Waals surface area contributed by atoms with E-state index in [0.717, 1.165) is 5.39 Å². The zero-order chi connectivity index (χ0) is 12.1. The first kappa shape index (κ1) is 15.5. The van der Waals surface area contributed by atoms with E-state index in [-0.39, 0.29) is 30.9 Å². The number of carboxylic acid groups (broad SMARTS) is 1. The molecular formula is C12H12NO3Zn-. The number of hydrogen-bond acceptors (Lipinski definition) is 3. The van der Waals surface area contributed by atoms with Crippen molar-refractivity contribution in [1.29, 1.82) is 0 Å². The van der Waals surface area contributed by atoms with E-state index in [4.69, 9.17) is 5.11 Å². The number of benzene rings is 1. The van der Waals surface area contributed by atoms with Crippen molar-refractivity contribution in [3.63, 3.8) is 0 Å². The van der Waals surface area contributed by atoms with Crippen LogP contribution in [0.1, 0.15) is 17.4 Å². The molecule has 1 aromatic heterocycles. The normalized spacial score (nSPS) is 8.82. The summed E-state index contributed by atoms with van der Waals surface area (Å²) in [5, 5.41) is 18.8. The van der Waals surface area contributed by atoms with E-state index in [1.165, 1.54) is 12.1 Å². The second kappa shape index (κ2) is 6.97. The van der Waals surface area contributed by atoms with Crippen molar-refractivity contribution in [3.05, 3.63) is 42.9 Å². The third-order valence-corrected chi connectivity index (χ3v) is 1.92. The van der Waals surface area contributed by atoms with Crippen molar-refractivity contribution in [2.75, 3.05) is 0 Å². The van der Waals surface area contributed by atoms with Crippen LogP contribution in [0.2, 0.25) is 0 Å². The third-order valence-electron chi connectivity index (χ3n) is 1.92. The molecule has 4 nitrogen and oxygen atoms in total. The number of carbonyl (C=O) groups is 1. The van der Waals surface area contributed by atoms with Crippen molar-refractivity contribution in [2.45, 2.75) is 6.92 Å². The van der Waals surface area contributed by atoms with Gasteiger partial charge in [0.1, 0.15) is 17.0 Å². The molecule has 0 unspecified atom stereocenters. The quantitative estimate of drug-likeness (QED) is 0.623. The van der Waals surface area contributed by atoms with Crippen LogP contribution in [0.5, 0.6) is 5.75 Å². The van der Waals surface area contributed by atoms with E-state index in [9.17, 15) is 9.90 Å². The van der Waals surface area contributed by atoms with E-state index in [1.54, 1.807) is 25.1 Å². The third kappa shape index (κ3) is 3.50. The van der Waals surface area contributed by atoms with Gasteiger partial charge >= 0.3 is 5.97 Å². The maximum atomic E-state index is 10.6. The van der Waals surface area contributed by atoms with E-state index < -0.39 is 5.97 Å². The zero-order valence-electron chi connectivity index (χ0n) is 9.55. The Morgan fingerprint density at radius 2 is 1.88 bits per heavy atom. The molecule has 0 saturated heterocycles. The fourth-order valence-electron chi connectivity index (χ4n) is 1.25. The van der Waals surface area contributed by atoms with Crippen LogP contribution in [0.4, 0.5) is 0 Å². The smallest absolute Gasteiger partial charge is 0.354 e. The largest absolute Gasteiger partial charge is 0.506 e. The Balaban J connectivity index is 0.000000811. The zero-order valence-corrected chi connectivity index (χ0v) is 12.5. The average Bonchev–Trinajstić information content (AvgIpc) is 2.32. The standard InChI is InChI=1S/C10H7NO3.C2H5.Zn/c12-8-3-1-2-6-4-5-7(10(13)14)11-9(6)8;1-2;/h1-5,12H,(H,13,14);1H2,2H3;/q;-1;. The Kier molecular flexibility index (Phi) is 6.36. The Labute approximate surface area is 112 Å². The molecule has 1 aromatic carbocycles. The molecule has 0 aliphatic heterocycles. The number of carboxylic acids is 1. The fraction of sp³-hybridized carbons (Fsp3) is 0.0833. The van der Waals surface area contributed by atoms with Crippen LogP contribution in [-0.2, 0) is 19.5 Å². The predicted molar refractivity (Wildman–Crippen MR) is 61.4 cm³/mol. The number of aromatic hydroxyl groups is 1. The van der Waals surface area contributed by atoms with Gasteiger partial charge in [-0.2, -0.15) is 6.92 Å². The summed E-state index contributed by atoms with van der Waals surface area (Å²) in [6.07, 6.45) is 0. The number of phenolic OH excluding ortho intramolecular Hbond substituents is 1. The minimum absolute atomic E-state index is 0. The predicted octanol–water partition coefficient (Wildman–Crippen LogP) is 2.48. The Morgan fingerprint density at radius 3 is 2.47 bits per heavy atom. The topological polar surface area (TPSA) is 70.4 Å². The molecular weight excluding hydrogens is 272 g/mol. The Bertz CT molecular complexity index is 514. The molecule has 0 saturated carbocycles. The van der Waals surface area contributed by atoms with Crippen molar-refractivity contribution in [2.24, 2.45) is 0 Å². The van der Waals surface area contributed by atoms with Gasteiger partial charge in [-0.15, -0.1) is 0 Å². The summed E-state index contributed by atoms with van der Waals surface area (Å²) in [6, 6.07) is 7.93. The molecule has 0 amide bonds. The monoisotopic (exact) mass is 282 g/mol. The van der Waals surface area contributed by atoms with Crippen LogP contribution in [-0.4, -0.2) is 21.2 Å². The molecule has 2 N–H and O–H groups in total. The van der Waals surface area contributed by atoms with Gasteiger partial charge < -0.3 is 17.1 Å². The summed E-state index contributed by atoms with van der Waals surface area (Å²) in [5.41, 5.74) is 0.242. The van der Waals surface area contributed by atoms with Crippen molar-refractivity contribution in [3.8, 4) is 5.75 Å². The number of pyridine rings is 1. The number of para-hydroxylation sites is 1. The van der Waals surface area contributed by atoms with Gasteiger partial charge in [-0.1, -0.05) is 18.2 Å². The van der Waals surface area contributed by atoms with Gasteiger partial charge in [-0.25, -0.2) is 9.78 Å². The number of fused-ring (bicyclic) bond motifs is 1. The molecule has 0 spiro atoms. The average molecular weight is 284 g/mol. The molecule has 0 bridgehead atoms. The summed E-state index contributed by atoms with van der Waals surface area (Å²) in [7, 11) is 0. The van der Waals surface area contributed by atoms with Gasteiger partial charge in [0.2, 0.25) is 0 Å². The molecule has 0 radical (unpaired) electrons. The number of phenols is 1. The van der Waals surface area contributed by atoms with Gasteiger partial charge in [0, 0.05) is 24.9 Å². The molecule has 0 atom stereocenters. The molecule has 1 heterocycles. The van der Waals surface area contributed by atoms with Crippen LogP contribution < -0.4 is 0 Å². The van der Waals surface area contributed by atoms with Gasteiger partial charge in [0.15, 0.2) is 0 Å². The van der Waals surface area contributed by atoms with Crippen LogP contribution in [0.25, 0.3) is 10.9 Å². The fourth-order valence-corrected chi connectivity index (χ4v) is 1.25. The molecule has 0 aliphatic rings. The number of aromatic carboxylic acids is 1. The Morgan fingerprint density at radius 1 is 1.24 bits per heavy atom. The molecule has 0 fully saturated rings. The molecule has 5 heteroatoms. The number of rotatable bonds is 1. The first-order chi connectivity index (χ1) is 7.68. The summed E-state index contributed by atoms with van der Waals surface area (Å²) >= 11 is 0. The van der Waals surface area contributed by atoms with Crippen molar-refractivity contribution in [1.82, 2.24) is 4.98 Å². The van der Waals surface area contributed by atoms with E-state index in [2.05, 4.69) is 11.9 Å².